The van der Waals surface area contributed by atoms with Crippen LogP contribution in [0.1, 0.15) is 48.0 Å². The Morgan fingerprint density at radius 2 is 1.64 bits per heavy atom. The summed E-state index contributed by atoms with van der Waals surface area (Å²) in [4.78, 5) is 24.3. The molecule has 0 radical (unpaired) electrons. The van der Waals surface area contributed by atoms with Crippen molar-refractivity contribution in [2.24, 2.45) is 0 Å². The first-order valence-corrected chi connectivity index (χ1v) is 10.8. The SMILES string of the molecule is O=C(CSCc1ccc(C(=O)NC2CCCCC2)cc1)Nc1ccc(F)cc1. The number of amides is 2. The summed E-state index contributed by atoms with van der Waals surface area (Å²) in [6.45, 7) is 0. The lowest BCUT2D eigenvalue weighted by Crippen LogP contribution is -2.36. The molecule has 3 rings (SSSR count). The van der Waals surface area contributed by atoms with E-state index in [1.807, 2.05) is 24.3 Å². The lowest BCUT2D eigenvalue weighted by molar-refractivity contribution is -0.113. The molecule has 1 saturated carbocycles. The third kappa shape index (κ3) is 6.37. The van der Waals surface area contributed by atoms with Gasteiger partial charge < -0.3 is 10.6 Å². The largest absolute Gasteiger partial charge is 0.349 e. The predicted octanol–water partition coefficient (Wildman–Crippen LogP) is 4.76. The lowest BCUT2D eigenvalue weighted by atomic mass is 9.95. The van der Waals surface area contributed by atoms with Crippen molar-refractivity contribution in [2.75, 3.05) is 11.1 Å². The Morgan fingerprint density at radius 3 is 2.32 bits per heavy atom. The fourth-order valence-electron chi connectivity index (χ4n) is 3.26. The fraction of sp³-hybridized carbons (Fsp3) is 0.364. The maximum Gasteiger partial charge on any atom is 0.251 e. The summed E-state index contributed by atoms with van der Waals surface area (Å²) in [6, 6.07) is 13.5. The van der Waals surface area contributed by atoms with Crippen LogP contribution in [0.5, 0.6) is 0 Å². The van der Waals surface area contributed by atoms with Gasteiger partial charge in [-0.1, -0.05) is 31.4 Å². The second-order valence-corrected chi connectivity index (χ2v) is 8.04. The number of anilines is 1. The van der Waals surface area contributed by atoms with Crippen LogP contribution in [0.2, 0.25) is 0 Å². The predicted molar refractivity (Wildman–Crippen MR) is 112 cm³/mol. The zero-order valence-electron chi connectivity index (χ0n) is 15.7. The molecule has 2 N–H and O–H groups in total. The number of hydrogen-bond acceptors (Lipinski definition) is 3. The van der Waals surface area contributed by atoms with E-state index in [1.54, 1.807) is 0 Å². The molecule has 0 spiro atoms. The molecule has 2 amide bonds. The van der Waals surface area contributed by atoms with E-state index in [-0.39, 0.29) is 17.6 Å². The Labute approximate surface area is 169 Å². The van der Waals surface area contributed by atoms with Crippen LogP contribution in [-0.4, -0.2) is 23.6 Å². The summed E-state index contributed by atoms with van der Waals surface area (Å²) in [5, 5.41) is 5.86. The van der Waals surface area contributed by atoms with Crippen molar-refractivity contribution in [3.63, 3.8) is 0 Å². The molecule has 1 aliphatic carbocycles. The zero-order chi connectivity index (χ0) is 19.8. The smallest absolute Gasteiger partial charge is 0.251 e. The third-order valence-corrected chi connectivity index (χ3v) is 5.79. The van der Waals surface area contributed by atoms with E-state index in [0.29, 0.717) is 28.8 Å². The van der Waals surface area contributed by atoms with Gasteiger partial charge in [0.15, 0.2) is 0 Å². The zero-order valence-corrected chi connectivity index (χ0v) is 16.6. The second kappa shape index (κ2) is 10.3. The van der Waals surface area contributed by atoms with Gasteiger partial charge in [-0.2, -0.15) is 0 Å². The number of halogens is 1. The molecule has 0 aliphatic heterocycles. The highest BCUT2D eigenvalue weighted by molar-refractivity contribution is 7.99. The quantitative estimate of drug-likeness (QED) is 0.704. The highest BCUT2D eigenvalue weighted by atomic mass is 32.2. The number of benzene rings is 2. The standard InChI is InChI=1S/C22H25FN2O2S/c23-18-10-12-20(13-11-18)24-21(26)15-28-14-16-6-8-17(9-7-16)22(27)25-19-4-2-1-3-5-19/h6-13,19H,1-5,14-15H2,(H,24,26)(H,25,27). The van der Waals surface area contributed by atoms with E-state index in [4.69, 9.17) is 0 Å². The number of thioether (sulfide) groups is 1. The van der Waals surface area contributed by atoms with Crippen LogP contribution in [0.3, 0.4) is 0 Å². The van der Waals surface area contributed by atoms with Crippen molar-refractivity contribution in [1.29, 1.82) is 0 Å². The Morgan fingerprint density at radius 1 is 0.964 bits per heavy atom. The van der Waals surface area contributed by atoms with Crippen molar-refractivity contribution in [3.05, 3.63) is 65.5 Å². The van der Waals surface area contributed by atoms with Gasteiger partial charge >= 0.3 is 0 Å². The van der Waals surface area contributed by atoms with E-state index in [0.717, 1.165) is 18.4 Å². The van der Waals surface area contributed by atoms with Gasteiger partial charge in [0.05, 0.1) is 5.75 Å². The fourth-order valence-corrected chi connectivity index (χ4v) is 4.05. The highest BCUT2D eigenvalue weighted by Crippen LogP contribution is 2.18. The van der Waals surface area contributed by atoms with Crippen LogP contribution >= 0.6 is 11.8 Å². The van der Waals surface area contributed by atoms with Crippen molar-refractivity contribution in [2.45, 2.75) is 43.9 Å². The Bertz CT molecular complexity index is 787. The average molecular weight is 401 g/mol. The lowest BCUT2D eigenvalue weighted by Gasteiger charge is -2.22. The molecule has 148 valence electrons. The van der Waals surface area contributed by atoms with E-state index >= 15 is 0 Å². The van der Waals surface area contributed by atoms with Crippen LogP contribution in [0.25, 0.3) is 0 Å². The number of hydrogen-bond donors (Lipinski definition) is 2. The summed E-state index contributed by atoms with van der Waals surface area (Å²) < 4.78 is 12.9. The summed E-state index contributed by atoms with van der Waals surface area (Å²) >= 11 is 1.49. The van der Waals surface area contributed by atoms with Gasteiger partial charge in [-0.3, -0.25) is 9.59 Å². The van der Waals surface area contributed by atoms with Gasteiger partial charge in [0.25, 0.3) is 5.91 Å². The highest BCUT2D eigenvalue weighted by Gasteiger charge is 2.16. The van der Waals surface area contributed by atoms with Gasteiger partial charge in [0, 0.05) is 23.0 Å². The molecule has 0 aromatic heterocycles. The Kier molecular flexibility index (Phi) is 7.48. The molecule has 0 bridgehead atoms. The summed E-state index contributed by atoms with van der Waals surface area (Å²) in [5.74, 6) is 0.524. The topological polar surface area (TPSA) is 58.2 Å². The molecule has 0 unspecified atom stereocenters. The van der Waals surface area contributed by atoms with Crippen LogP contribution in [0.4, 0.5) is 10.1 Å². The Hall–Kier alpha value is -2.34. The molecule has 28 heavy (non-hydrogen) atoms. The summed E-state index contributed by atoms with van der Waals surface area (Å²) in [6.07, 6.45) is 5.78. The number of carbonyl (C=O) groups is 2. The molecule has 0 heterocycles. The monoisotopic (exact) mass is 400 g/mol. The van der Waals surface area contributed by atoms with Crippen LogP contribution in [0.15, 0.2) is 48.5 Å². The van der Waals surface area contributed by atoms with E-state index < -0.39 is 0 Å². The van der Waals surface area contributed by atoms with E-state index in [9.17, 15) is 14.0 Å². The molecule has 0 saturated heterocycles. The molecule has 2 aromatic carbocycles. The molecule has 2 aromatic rings. The van der Waals surface area contributed by atoms with Crippen molar-refractivity contribution < 1.29 is 14.0 Å². The first-order valence-electron chi connectivity index (χ1n) is 9.63. The second-order valence-electron chi connectivity index (χ2n) is 7.05. The average Bonchev–Trinajstić information content (AvgIpc) is 2.71. The molecule has 6 heteroatoms. The number of rotatable bonds is 7. The van der Waals surface area contributed by atoms with Crippen LogP contribution in [0, 0.1) is 5.82 Å². The maximum atomic E-state index is 12.9. The van der Waals surface area contributed by atoms with Gasteiger partial charge in [-0.15, -0.1) is 11.8 Å². The molecule has 1 fully saturated rings. The van der Waals surface area contributed by atoms with Crippen molar-refractivity contribution in [1.82, 2.24) is 5.32 Å². The van der Waals surface area contributed by atoms with Crippen molar-refractivity contribution in [3.8, 4) is 0 Å². The first kappa shape index (κ1) is 20.4. The molecular weight excluding hydrogens is 375 g/mol. The summed E-state index contributed by atoms with van der Waals surface area (Å²) in [7, 11) is 0. The van der Waals surface area contributed by atoms with E-state index in [1.165, 1.54) is 55.3 Å². The van der Waals surface area contributed by atoms with Crippen LogP contribution in [-0.2, 0) is 10.5 Å². The minimum Gasteiger partial charge on any atom is -0.349 e. The minimum atomic E-state index is -0.330. The van der Waals surface area contributed by atoms with Crippen LogP contribution < -0.4 is 10.6 Å². The molecule has 0 atom stereocenters. The first-order chi connectivity index (χ1) is 13.6. The summed E-state index contributed by atoms with van der Waals surface area (Å²) in [5.41, 5.74) is 2.32. The minimum absolute atomic E-state index is 0.00946. The molecule has 4 nitrogen and oxygen atoms in total. The van der Waals surface area contributed by atoms with Gasteiger partial charge in [0.1, 0.15) is 5.82 Å². The van der Waals surface area contributed by atoms with Gasteiger partial charge in [0.2, 0.25) is 5.91 Å². The molecule has 1 aliphatic rings. The normalized spacial score (nSPS) is 14.5. The number of nitrogens with one attached hydrogen (secondary N) is 2. The Balaban J connectivity index is 1.40. The van der Waals surface area contributed by atoms with Gasteiger partial charge in [-0.25, -0.2) is 4.39 Å². The maximum absolute atomic E-state index is 12.9. The van der Waals surface area contributed by atoms with E-state index in [2.05, 4.69) is 10.6 Å². The number of carbonyl (C=O) groups excluding carboxylic acids is 2. The molecular formula is C22H25FN2O2S. The third-order valence-electron chi connectivity index (χ3n) is 4.79. The van der Waals surface area contributed by atoms with Gasteiger partial charge in [-0.05, 0) is 54.8 Å². The van der Waals surface area contributed by atoms with Crippen molar-refractivity contribution >= 4 is 29.3 Å².